The Hall–Kier alpha value is -4.00. The summed E-state index contributed by atoms with van der Waals surface area (Å²) in [6.07, 6.45) is 1.86. The molecule has 4 unspecified atom stereocenters. The van der Waals surface area contributed by atoms with E-state index in [2.05, 4.69) is 43.3 Å². The molecular formula is C38H32O4S2. The van der Waals surface area contributed by atoms with Gasteiger partial charge in [0.15, 0.2) is 9.84 Å². The Morgan fingerprint density at radius 3 is 2.00 bits per heavy atom. The first-order valence-electron chi connectivity index (χ1n) is 15.2. The van der Waals surface area contributed by atoms with E-state index in [0.29, 0.717) is 17.7 Å². The molecule has 0 aromatic heterocycles. The maximum Gasteiger partial charge on any atom is 0.206 e. The predicted molar refractivity (Wildman–Crippen MR) is 172 cm³/mol. The fraction of sp³-hybridized carbons (Fsp3) is 0.211. The average molecular weight is 617 g/mol. The van der Waals surface area contributed by atoms with E-state index in [9.17, 15) is 16.8 Å². The number of fused-ring (bicyclic) bond motifs is 10. The minimum absolute atomic E-state index is 0.0476. The van der Waals surface area contributed by atoms with E-state index in [1.807, 2.05) is 30.3 Å². The van der Waals surface area contributed by atoms with Gasteiger partial charge in [-0.25, -0.2) is 16.8 Å². The van der Waals surface area contributed by atoms with Crippen LogP contribution in [0.15, 0.2) is 136 Å². The van der Waals surface area contributed by atoms with Gasteiger partial charge in [-0.3, -0.25) is 0 Å². The molecule has 0 N–H and O–H groups in total. The lowest BCUT2D eigenvalue weighted by molar-refractivity contribution is 0.266. The van der Waals surface area contributed by atoms with Crippen molar-refractivity contribution < 1.29 is 16.8 Å². The first-order valence-corrected chi connectivity index (χ1v) is 18.2. The highest BCUT2D eigenvalue weighted by Gasteiger charge is 2.60. The molecule has 1 spiro atoms. The standard InChI is InChI=1S/C38H32O4S2/c1-25-16-19-31-33-21-18-29(44(41,42)27-12-6-3-7-13-27)24-37(33)38(35(31)22-25)34-15-9-8-14-30(34)32-20-17-28(23-36(32)38)43(39,40)26-10-4-2-5-11-26/h2-17,19-20,22-23,29,33,37H,18,21,24H2,1H3. The molecule has 4 nitrogen and oxygen atoms in total. The molecule has 5 aromatic carbocycles. The van der Waals surface area contributed by atoms with Gasteiger partial charge in [-0.05, 0) is 108 Å². The number of rotatable bonds is 4. The average Bonchev–Trinajstić information content (AvgIpc) is 3.51. The molecule has 3 aliphatic rings. The molecule has 0 aliphatic heterocycles. The van der Waals surface area contributed by atoms with Crippen LogP contribution < -0.4 is 0 Å². The minimum Gasteiger partial charge on any atom is -0.223 e. The number of benzene rings is 5. The van der Waals surface area contributed by atoms with Gasteiger partial charge < -0.3 is 0 Å². The normalized spacial score (nSPS) is 23.5. The van der Waals surface area contributed by atoms with Gasteiger partial charge in [-0.2, -0.15) is 0 Å². The van der Waals surface area contributed by atoms with Crippen molar-refractivity contribution in [1.82, 2.24) is 0 Å². The molecule has 0 bridgehead atoms. The van der Waals surface area contributed by atoms with Crippen molar-refractivity contribution in [2.24, 2.45) is 5.92 Å². The van der Waals surface area contributed by atoms with Crippen LogP contribution in [0.2, 0.25) is 0 Å². The van der Waals surface area contributed by atoms with Crippen molar-refractivity contribution in [3.05, 3.63) is 149 Å². The quantitative estimate of drug-likeness (QED) is 0.206. The second-order valence-corrected chi connectivity index (χ2v) is 16.7. The van der Waals surface area contributed by atoms with E-state index in [0.717, 1.165) is 34.2 Å². The molecule has 0 heterocycles. The highest BCUT2D eigenvalue weighted by molar-refractivity contribution is 7.92. The summed E-state index contributed by atoms with van der Waals surface area (Å²) in [6.45, 7) is 2.09. The summed E-state index contributed by atoms with van der Waals surface area (Å²) in [4.78, 5) is 0.889. The molecule has 6 heteroatoms. The number of hydrogen-bond donors (Lipinski definition) is 0. The monoisotopic (exact) mass is 616 g/mol. The summed E-state index contributed by atoms with van der Waals surface area (Å²) in [7, 11) is -7.34. The van der Waals surface area contributed by atoms with Crippen LogP contribution in [0.3, 0.4) is 0 Å². The fourth-order valence-electron chi connectivity index (χ4n) is 8.49. The zero-order chi connectivity index (χ0) is 30.3. The topological polar surface area (TPSA) is 68.3 Å². The van der Waals surface area contributed by atoms with Crippen LogP contribution in [0, 0.1) is 12.8 Å². The Balaban J connectivity index is 1.38. The van der Waals surface area contributed by atoms with Crippen LogP contribution in [-0.4, -0.2) is 22.1 Å². The van der Waals surface area contributed by atoms with Crippen molar-refractivity contribution in [3.63, 3.8) is 0 Å². The van der Waals surface area contributed by atoms with Crippen molar-refractivity contribution in [2.75, 3.05) is 0 Å². The summed E-state index contributed by atoms with van der Waals surface area (Å²) in [5, 5.41) is -0.522. The van der Waals surface area contributed by atoms with Gasteiger partial charge in [0.1, 0.15) is 0 Å². The maximum atomic E-state index is 14.1. The van der Waals surface area contributed by atoms with E-state index < -0.39 is 30.3 Å². The third-order valence-electron chi connectivity index (χ3n) is 10.3. The van der Waals surface area contributed by atoms with E-state index in [1.54, 1.807) is 54.6 Å². The summed E-state index contributed by atoms with van der Waals surface area (Å²) in [5.74, 6) is 0.120. The van der Waals surface area contributed by atoms with Gasteiger partial charge in [0, 0.05) is 0 Å². The zero-order valence-electron chi connectivity index (χ0n) is 24.3. The molecule has 0 amide bonds. The predicted octanol–water partition coefficient (Wildman–Crippen LogP) is 7.88. The van der Waals surface area contributed by atoms with Gasteiger partial charge in [0.25, 0.3) is 0 Å². The third-order valence-corrected chi connectivity index (χ3v) is 14.3. The van der Waals surface area contributed by atoms with Crippen molar-refractivity contribution in [3.8, 4) is 11.1 Å². The molecule has 220 valence electrons. The number of aryl methyl sites for hydroxylation is 1. The highest BCUT2D eigenvalue weighted by atomic mass is 32.2. The van der Waals surface area contributed by atoms with E-state index in [1.165, 1.54) is 11.1 Å². The van der Waals surface area contributed by atoms with E-state index in [4.69, 9.17) is 0 Å². The molecular weight excluding hydrogens is 585 g/mol. The molecule has 1 saturated carbocycles. The molecule has 4 atom stereocenters. The first-order chi connectivity index (χ1) is 21.2. The molecule has 8 rings (SSSR count). The van der Waals surface area contributed by atoms with Crippen LogP contribution in [0.1, 0.15) is 53.0 Å². The minimum atomic E-state index is -3.77. The summed E-state index contributed by atoms with van der Waals surface area (Å²) >= 11 is 0. The lowest BCUT2D eigenvalue weighted by Gasteiger charge is -2.42. The zero-order valence-corrected chi connectivity index (χ0v) is 26.0. The van der Waals surface area contributed by atoms with Crippen LogP contribution in [0.5, 0.6) is 0 Å². The second-order valence-electron chi connectivity index (χ2n) is 12.5. The fourth-order valence-corrected chi connectivity index (χ4v) is 11.6. The Bertz CT molecular complexity index is 2160. The molecule has 5 aromatic rings. The number of sulfone groups is 2. The molecule has 0 radical (unpaired) electrons. The van der Waals surface area contributed by atoms with Crippen LogP contribution in [0.25, 0.3) is 11.1 Å². The first kappa shape index (κ1) is 27.5. The largest absolute Gasteiger partial charge is 0.223 e. The lowest BCUT2D eigenvalue weighted by atomic mass is 9.62. The van der Waals surface area contributed by atoms with Crippen LogP contribution in [-0.2, 0) is 25.1 Å². The van der Waals surface area contributed by atoms with E-state index >= 15 is 0 Å². The summed E-state index contributed by atoms with van der Waals surface area (Å²) in [5.41, 5.74) is 7.13. The van der Waals surface area contributed by atoms with Gasteiger partial charge in [0.2, 0.25) is 9.84 Å². The maximum absolute atomic E-state index is 14.1. The summed E-state index contributed by atoms with van der Waals surface area (Å²) in [6, 6.07) is 38.0. The highest BCUT2D eigenvalue weighted by Crippen LogP contribution is 2.67. The molecule has 1 fully saturated rings. The Kier molecular flexibility index (Phi) is 6.10. The van der Waals surface area contributed by atoms with Crippen LogP contribution >= 0.6 is 0 Å². The molecule has 3 aliphatic carbocycles. The molecule has 0 saturated heterocycles. The van der Waals surface area contributed by atoms with Gasteiger partial charge in [-0.1, -0.05) is 90.5 Å². The third kappa shape index (κ3) is 3.74. The van der Waals surface area contributed by atoms with Crippen molar-refractivity contribution in [2.45, 2.75) is 57.5 Å². The van der Waals surface area contributed by atoms with Gasteiger partial charge >= 0.3 is 0 Å². The van der Waals surface area contributed by atoms with Gasteiger partial charge in [-0.15, -0.1) is 0 Å². The lowest BCUT2D eigenvalue weighted by Crippen LogP contribution is -2.40. The smallest absolute Gasteiger partial charge is 0.206 e. The van der Waals surface area contributed by atoms with Crippen molar-refractivity contribution >= 4 is 19.7 Å². The second kappa shape index (κ2) is 9.75. The molecule has 44 heavy (non-hydrogen) atoms. The SMILES string of the molecule is Cc1ccc2c(c1)C1(c3ccccc3-c3ccc(S(=O)(=O)c4ccccc4)cc31)C1CC(S(=O)(=O)c3ccccc3)CCC21. The van der Waals surface area contributed by atoms with Gasteiger partial charge in [0.05, 0.1) is 25.4 Å². The Morgan fingerprint density at radius 2 is 1.25 bits per heavy atom. The Labute approximate surface area is 259 Å². The van der Waals surface area contributed by atoms with E-state index in [-0.39, 0.29) is 21.6 Å². The van der Waals surface area contributed by atoms with Crippen LogP contribution in [0.4, 0.5) is 0 Å². The Morgan fingerprint density at radius 1 is 0.591 bits per heavy atom. The summed E-state index contributed by atoms with van der Waals surface area (Å²) < 4.78 is 56.0. The number of hydrogen-bond acceptors (Lipinski definition) is 4. The van der Waals surface area contributed by atoms with Crippen molar-refractivity contribution in [1.29, 1.82) is 0 Å².